The van der Waals surface area contributed by atoms with E-state index in [9.17, 15) is 0 Å². The SMILES string of the molecule is C1=Cc2ccccc2OC1.NC(N)=O. The molecular formula is C10H12N2O2. The molecule has 1 aliphatic rings. The van der Waals surface area contributed by atoms with Crippen molar-refractivity contribution >= 4 is 12.1 Å². The van der Waals surface area contributed by atoms with Gasteiger partial charge in [-0.3, -0.25) is 0 Å². The van der Waals surface area contributed by atoms with Gasteiger partial charge in [0.15, 0.2) is 0 Å². The van der Waals surface area contributed by atoms with Crippen molar-refractivity contribution in [2.45, 2.75) is 0 Å². The standard InChI is InChI=1S/C9H8O.CH4N2O/c1-2-6-9-8(4-1)5-3-7-10-9;2-1(3)4/h1-6H,7H2;(H4,2,3,4). The van der Waals surface area contributed by atoms with Crippen LogP contribution in [0.1, 0.15) is 5.56 Å². The van der Waals surface area contributed by atoms with E-state index < -0.39 is 6.03 Å². The van der Waals surface area contributed by atoms with Crippen molar-refractivity contribution in [3.63, 3.8) is 0 Å². The van der Waals surface area contributed by atoms with Crippen LogP contribution in [0.5, 0.6) is 5.75 Å². The number of fused-ring (bicyclic) bond motifs is 1. The van der Waals surface area contributed by atoms with Crippen LogP contribution in [0.15, 0.2) is 30.3 Å². The van der Waals surface area contributed by atoms with E-state index in [0.29, 0.717) is 6.61 Å². The number of para-hydroxylation sites is 1. The number of nitrogens with two attached hydrogens (primary N) is 2. The average molecular weight is 192 g/mol. The summed E-state index contributed by atoms with van der Waals surface area (Å²) in [5, 5.41) is 0. The molecule has 1 aromatic rings. The fourth-order valence-corrected chi connectivity index (χ4v) is 1.06. The van der Waals surface area contributed by atoms with Gasteiger partial charge in [0, 0.05) is 5.56 Å². The van der Waals surface area contributed by atoms with Gasteiger partial charge in [-0.05, 0) is 12.1 Å². The Bertz CT molecular complexity index is 344. The lowest BCUT2D eigenvalue weighted by Gasteiger charge is -2.10. The number of primary amides is 2. The summed E-state index contributed by atoms with van der Waals surface area (Å²) in [6.45, 7) is 0.705. The molecule has 0 radical (unpaired) electrons. The topological polar surface area (TPSA) is 78.3 Å². The maximum absolute atomic E-state index is 9.00. The maximum atomic E-state index is 9.00. The van der Waals surface area contributed by atoms with E-state index in [1.807, 2.05) is 30.3 Å². The first kappa shape index (κ1) is 10.1. The average Bonchev–Trinajstić information content (AvgIpc) is 2.17. The Kier molecular flexibility index (Phi) is 3.55. The van der Waals surface area contributed by atoms with Crippen LogP contribution in [-0.4, -0.2) is 12.6 Å². The molecule has 0 spiro atoms. The van der Waals surface area contributed by atoms with Gasteiger partial charge in [0.05, 0.1) is 0 Å². The summed E-state index contributed by atoms with van der Waals surface area (Å²) in [6.07, 6.45) is 4.10. The van der Waals surface area contributed by atoms with E-state index in [1.54, 1.807) is 0 Å². The number of hydrogen-bond donors (Lipinski definition) is 2. The van der Waals surface area contributed by atoms with Gasteiger partial charge in [-0.2, -0.15) is 0 Å². The Morgan fingerprint density at radius 3 is 2.57 bits per heavy atom. The van der Waals surface area contributed by atoms with Gasteiger partial charge in [0.25, 0.3) is 0 Å². The summed E-state index contributed by atoms with van der Waals surface area (Å²) in [5.41, 5.74) is 9.67. The minimum Gasteiger partial charge on any atom is -0.489 e. The third kappa shape index (κ3) is 3.18. The number of benzene rings is 1. The molecule has 74 valence electrons. The summed E-state index contributed by atoms with van der Waals surface area (Å²) in [6, 6.07) is 7.19. The molecule has 4 heteroatoms. The molecule has 1 heterocycles. The van der Waals surface area contributed by atoms with E-state index in [1.165, 1.54) is 5.56 Å². The van der Waals surface area contributed by atoms with E-state index in [4.69, 9.17) is 9.53 Å². The van der Waals surface area contributed by atoms with Crippen molar-refractivity contribution in [2.75, 3.05) is 6.61 Å². The highest BCUT2D eigenvalue weighted by Crippen LogP contribution is 2.21. The fraction of sp³-hybridized carbons (Fsp3) is 0.100. The summed E-state index contributed by atoms with van der Waals surface area (Å²) in [4.78, 5) is 9.00. The maximum Gasteiger partial charge on any atom is 0.309 e. The summed E-state index contributed by atoms with van der Waals surface area (Å²) in [7, 11) is 0. The molecule has 0 bridgehead atoms. The van der Waals surface area contributed by atoms with E-state index in [2.05, 4.69) is 17.5 Å². The lowest BCUT2D eigenvalue weighted by Crippen LogP contribution is -2.18. The van der Waals surface area contributed by atoms with Gasteiger partial charge in [0.2, 0.25) is 0 Å². The van der Waals surface area contributed by atoms with Crippen LogP contribution >= 0.6 is 0 Å². The van der Waals surface area contributed by atoms with Gasteiger partial charge in [-0.25, -0.2) is 4.79 Å². The number of carbonyl (C=O) groups is 1. The third-order valence-corrected chi connectivity index (χ3v) is 1.55. The van der Waals surface area contributed by atoms with E-state index in [0.717, 1.165) is 5.75 Å². The van der Waals surface area contributed by atoms with Gasteiger partial charge in [-0.15, -0.1) is 0 Å². The van der Waals surface area contributed by atoms with E-state index in [-0.39, 0.29) is 0 Å². The largest absolute Gasteiger partial charge is 0.489 e. The first-order valence-electron chi connectivity index (χ1n) is 4.13. The minimum atomic E-state index is -0.833. The molecule has 1 aromatic carbocycles. The molecule has 0 unspecified atom stereocenters. The molecule has 0 fully saturated rings. The van der Waals surface area contributed by atoms with Crippen LogP contribution < -0.4 is 16.2 Å². The predicted octanol–water partition coefficient (Wildman–Crippen LogP) is 1.12. The molecule has 0 aromatic heterocycles. The highest BCUT2D eigenvalue weighted by atomic mass is 16.5. The van der Waals surface area contributed by atoms with Gasteiger partial charge >= 0.3 is 6.03 Å². The highest BCUT2D eigenvalue weighted by molar-refractivity contribution is 5.69. The number of amides is 2. The van der Waals surface area contributed by atoms with Crippen molar-refractivity contribution in [1.29, 1.82) is 0 Å². The second-order valence-electron chi connectivity index (χ2n) is 2.65. The molecule has 14 heavy (non-hydrogen) atoms. The molecule has 1 aliphatic heterocycles. The molecule has 0 atom stereocenters. The van der Waals surface area contributed by atoms with Gasteiger partial charge in [0.1, 0.15) is 12.4 Å². The molecule has 4 nitrogen and oxygen atoms in total. The lowest BCUT2D eigenvalue weighted by molar-refractivity contribution is 0.256. The first-order valence-corrected chi connectivity index (χ1v) is 4.13. The lowest BCUT2D eigenvalue weighted by atomic mass is 10.1. The van der Waals surface area contributed by atoms with Crippen molar-refractivity contribution in [3.05, 3.63) is 35.9 Å². The normalized spacial score (nSPS) is 11.7. The van der Waals surface area contributed by atoms with E-state index >= 15 is 0 Å². The second-order valence-corrected chi connectivity index (χ2v) is 2.65. The number of carbonyl (C=O) groups excluding carboxylic acids is 1. The number of rotatable bonds is 0. The van der Waals surface area contributed by atoms with Gasteiger partial charge < -0.3 is 16.2 Å². The Balaban J connectivity index is 0.000000213. The van der Waals surface area contributed by atoms with Crippen molar-refractivity contribution < 1.29 is 9.53 Å². The molecule has 0 saturated heterocycles. The van der Waals surface area contributed by atoms with Crippen molar-refractivity contribution in [2.24, 2.45) is 11.5 Å². The van der Waals surface area contributed by atoms with Crippen molar-refractivity contribution in [1.82, 2.24) is 0 Å². The molecule has 4 N–H and O–H groups in total. The van der Waals surface area contributed by atoms with Crippen LogP contribution in [0.3, 0.4) is 0 Å². The van der Waals surface area contributed by atoms with Crippen LogP contribution in [0.2, 0.25) is 0 Å². The molecule has 0 saturated carbocycles. The summed E-state index contributed by atoms with van der Waals surface area (Å²) in [5.74, 6) is 0.991. The summed E-state index contributed by atoms with van der Waals surface area (Å²) < 4.78 is 5.34. The zero-order valence-electron chi connectivity index (χ0n) is 7.64. The number of urea groups is 1. The molecule has 2 rings (SSSR count). The first-order chi connectivity index (χ1) is 6.70. The van der Waals surface area contributed by atoms with Crippen LogP contribution in [-0.2, 0) is 0 Å². The molecular weight excluding hydrogens is 180 g/mol. The second kappa shape index (κ2) is 4.91. The zero-order chi connectivity index (χ0) is 10.4. The third-order valence-electron chi connectivity index (χ3n) is 1.55. The molecule has 0 aliphatic carbocycles. The predicted molar refractivity (Wildman–Crippen MR) is 54.7 cm³/mol. The Hall–Kier alpha value is -1.97. The quantitative estimate of drug-likeness (QED) is 0.646. The van der Waals surface area contributed by atoms with Crippen molar-refractivity contribution in [3.8, 4) is 5.75 Å². The fourth-order valence-electron chi connectivity index (χ4n) is 1.06. The number of hydrogen-bond acceptors (Lipinski definition) is 2. The Morgan fingerprint density at radius 2 is 1.93 bits per heavy atom. The molecule has 2 amide bonds. The smallest absolute Gasteiger partial charge is 0.309 e. The van der Waals surface area contributed by atoms with Crippen LogP contribution in [0.4, 0.5) is 4.79 Å². The Morgan fingerprint density at radius 1 is 1.29 bits per heavy atom. The minimum absolute atomic E-state index is 0.705. The monoisotopic (exact) mass is 192 g/mol. The van der Waals surface area contributed by atoms with Gasteiger partial charge in [-0.1, -0.05) is 24.3 Å². The van der Waals surface area contributed by atoms with Crippen LogP contribution in [0, 0.1) is 0 Å². The van der Waals surface area contributed by atoms with Crippen LogP contribution in [0.25, 0.3) is 6.08 Å². The zero-order valence-corrected chi connectivity index (χ0v) is 7.64. The highest BCUT2D eigenvalue weighted by Gasteiger charge is 2.01. The number of ether oxygens (including phenoxy) is 1. The summed E-state index contributed by atoms with van der Waals surface area (Å²) >= 11 is 0. The Labute approximate surface area is 82.2 Å².